The molecular formula is C18H28NO4+. The lowest BCUT2D eigenvalue weighted by molar-refractivity contribution is -0.915. The number of unbranched alkanes of at least 4 members (excludes halogenated alkanes) is 1. The summed E-state index contributed by atoms with van der Waals surface area (Å²) in [5.74, 6) is 1.15. The number of quaternary nitrogens is 1. The number of carbonyl (C=O) groups excluding carboxylic acids is 1. The molecule has 0 bridgehead atoms. The second-order valence-corrected chi connectivity index (χ2v) is 6.22. The number of ether oxygens (including phenoxy) is 3. The fourth-order valence-electron chi connectivity index (χ4n) is 3.19. The molecule has 0 aromatic heterocycles. The number of rotatable bonds is 8. The van der Waals surface area contributed by atoms with E-state index < -0.39 is 0 Å². The molecule has 0 radical (unpaired) electrons. The number of para-hydroxylation sites is 1. The van der Waals surface area contributed by atoms with Crippen LogP contribution in [-0.2, 0) is 4.74 Å². The number of hydrogen-bond donors (Lipinski definition) is 1. The molecule has 1 saturated heterocycles. The highest BCUT2D eigenvalue weighted by molar-refractivity contribution is 5.81. The minimum Gasteiger partial charge on any atom is -0.493 e. The highest BCUT2D eigenvalue weighted by Crippen LogP contribution is 2.30. The molecule has 0 saturated carbocycles. The Balaban J connectivity index is 1.74. The number of morpholine rings is 1. The van der Waals surface area contributed by atoms with Crippen LogP contribution < -0.4 is 14.4 Å². The minimum atomic E-state index is 0.341. The lowest BCUT2D eigenvalue weighted by Gasteiger charge is -2.32. The highest BCUT2D eigenvalue weighted by atomic mass is 16.5. The lowest BCUT2D eigenvalue weighted by Crippen LogP contribution is -3.15. The zero-order valence-electron chi connectivity index (χ0n) is 14.3. The molecule has 1 aromatic carbocycles. The summed E-state index contributed by atoms with van der Waals surface area (Å²) < 4.78 is 16.8. The Kier molecular flexibility index (Phi) is 6.86. The first-order valence-electron chi connectivity index (χ1n) is 8.38. The SMILES string of the molecule is COc1cccc(C=O)c1OCCCC[NH+]1C[C@@H](C)O[C@H](C)C1. The van der Waals surface area contributed by atoms with Crippen LogP contribution in [0.3, 0.4) is 0 Å². The van der Waals surface area contributed by atoms with Crippen molar-refractivity contribution in [3.8, 4) is 11.5 Å². The predicted octanol–water partition coefficient (Wildman–Crippen LogP) is 1.36. The molecule has 1 fully saturated rings. The quantitative estimate of drug-likeness (QED) is 0.580. The number of carbonyl (C=O) groups is 1. The normalized spacial score (nSPS) is 24.2. The molecule has 1 N–H and O–H groups in total. The van der Waals surface area contributed by atoms with Crippen LogP contribution in [0.5, 0.6) is 11.5 Å². The van der Waals surface area contributed by atoms with Gasteiger partial charge in [-0.05, 0) is 38.8 Å². The Labute approximate surface area is 138 Å². The maximum atomic E-state index is 11.1. The van der Waals surface area contributed by atoms with Gasteiger partial charge in [0.25, 0.3) is 0 Å². The third kappa shape index (κ3) is 5.22. The van der Waals surface area contributed by atoms with Crippen molar-refractivity contribution < 1.29 is 23.9 Å². The van der Waals surface area contributed by atoms with Gasteiger partial charge in [0.15, 0.2) is 17.8 Å². The van der Waals surface area contributed by atoms with Crippen molar-refractivity contribution >= 4 is 6.29 Å². The fourth-order valence-corrected chi connectivity index (χ4v) is 3.19. The standard InChI is InChI=1S/C18H27NO4/c1-14-11-19(12-15(2)23-14)9-4-5-10-22-18-16(13-20)7-6-8-17(18)21-3/h6-8,13-15H,4-5,9-12H2,1-3H3/p+1/t14-,15-/m1/s1. The molecule has 1 aliphatic rings. The van der Waals surface area contributed by atoms with Crippen molar-refractivity contribution in [2.75, 3.05) is 33.4 Å². The molecule has 5 heteroatoms. The molecule has 0 amide bonds. The van der Waals surface area contributed by atoms with Crippen LogP contribution in [0.15, 0.2) is 18.2 Å². The summed E-state index contributed by atoms with van der Waals surface area (Å²) in [5.41, 5.74) is 0.533. The summed E-state index contributed by atoms with van der Waals surface area (Å²) in [5, 5.41) is 0. The first-order valence-corrected chi connectivity index (χ1v) is 8.38. The molecule has 0 aliphatic carbocycles. The average Bonchev–Trinajstić information content (AvgIpc) is 2.53. The summed E-state index contributed by atoms with van der Waals surface area (Å²) in [7, 11) is 1.58. The third-order valence-corrected chi connectivity index (χ3v) is 4.14. The number of benzene rings is 1. The monoisotopic (exact) mass is 322 g/mol. The van der Waals surface area contributed by atoms with Gasteiger partial charge in [-0.25, -0.2) is 0 Å². The minimum absolute atomic E-state index is 0.341. The number of methoxy groups -OCH3 is 1. The van der Waals surface area contributed by atoms with Crippen molar-refractivity contribution in [2.24, 2.45) is 0 Å². The summed E-state index contributed by atoms with van der Waals surface area (Å²) in [6.45, 7) is 8.16. The van der Waals surface area contributed by atoms with Gasteiger partial charge in [0.05, 0.1) is 25.8 Å². The first-order chi connectivity index (χ1) is 11.1. The van der Waals surface area contributed by atoms with Crippen LogP contribution in [0.2, 0.25) is 0 Å². The average molecular weight is 322 g/mol. The Morgan fingerprint density at radius 2 is 2.00 bits per heavy atom. The third-order valence-electron chi connectivity index (χ3n) is 4.14. The van der Waals surface area contributed by atoms with Gasteiger partial charge in [-0.3, -0.25) is 4.79 Å². The van der Waals surface area contributed by atoms with E-state index in [0.29, 0.717) is 35.9 Å². The fraction of sp³-hybridized carbons (Fsp3) is 0.611. The van der Waals surface area contributed by atoms with E-state index in [-0.39, 0.29) is 0 Å². The van der Waals surface area contributed by atoms with E-state index in [2.05, 4.69) is 13.8 Å². The van der Waals surface area contributed by atoms with Crippen LogP contribution >= 0.6 is 0 Å². The maximum absolute atomic E-state index is 11.1. The second-order valence-electron chi connectivity index (χ2n) is 6.22. The van der Waals surface area contributed by atoms with E-state index in [4.69, 9.17) is 14.2 Å². The van der Waals surface area contributed by atoms with E-state index in [0.717, 1.165) is 38.8 Å². The molecule has 128 valence electrons. The van der Waals surface area contributed by atoms with Crippen LogP contribution in [0.4, 0.5) is 0 Å². The molecule has 23 heavy (non-hydrogen) atoms. The Morgan fingerprint density at radius 3 is 2.65 bits per heavy atom. The summed E-state index contributed by atoms with van der Waals surface area (Å²) >= 11 is 0. The Morgan fingerprint density at radius 1 is 1.26 bits per heavy atom. The molecule has 5 nitrogen and oxygen atoms in total. The second kappa shape index (κ2) is 8.89. The van der Waals surface area contributed by atoms with Gasteiger partial charge in [-0.15, -0.1) is 0 Å². The van der Waals surface area contributed by atoms with Crippen molar-refractivity contribution in [3.05, 3.63) is 23.8 Å². The van der Waals surface area contributed by atoms with Crippen molar-refractivity contribution in [1.82, 2.24) is 0 Å². The van der Waals surface area contributed by atoms with Crippen LogP contribution in [0.25, 0.3) is 0 Å². The van der Waals surface area contributed by atoms with E-state index in [1.54, 1.807) is 24.1 Å². The zero-order valence-corrected chi connectivity index (χ0v) is 14.3. The summed E-state index contributed by atoms with van der Waals surface area (Å²) in [6.07, 6.45) is 3.55. The van der Waals surface area contributed by atoms with E-state index in [1.165, 1.54) is 0 Å². The van der Waals surface area contributed by atoms with Gasteiger partial charge < -0.3 is 19.1 Å². The summed E-state index contributed by atoms with van der Waals surface area (Å²) in [4.78, 5) is 12.7. The van der Waals surface area contributed by atoms with Gasteiger partial charge in [0.2, 0.25) is 0 Å². The van der Waals surface area contributed by atoms with Crippen molar-refractivity contribution in [1.29, 1.82) is 0 Å². The van der Waals surface area contributed by atoms with Gasteiger partial charge in [0.1, 0.15) is 25.3 Å². The lowest BCUT2D eigenvalue weighted by atomic mass is 10.2. The molecule has 1 aromatic rings. The molecule has 0 unspecified atom stereocenters. The Hall–Kier alpha value is -1.59. The first kappa shape index (κ1) is 17.8. The molecule has 1 heterocycles. The molecule has 2 atom stereocenters. The molecule has 1 aliphatic heterocycles. The van der Waals surface area contributed by atoms with Crippen LogP contribution in [-0.4, -0.2) is 51.8 Å². The van der Waals surface area contributed by atoms with Crippen LogP contribution in [0.1, 0.15) is 37.0 Å². The predicted molar refractivity (Wildman–Crippen MR) is 88.7 cm³/mol. The maximum Gasteiger partial charge on any atom is 0.171 e. The molecule has 0 spiro atoms. The van der Waals surface area contributed by atoms with E-state index in [1.807, 2.05) is 6.07 Å². The Bertz CT molecular complexity index is 496. The van der Waals surface area contributed by atoms with Crippen molar-refractivity contribution in [2.45, 2.75) is 38.9 Å². The topological polar surface area (TPSA) is 49.2 Å². The molecular weight excluding hydrogens is 294 g/mol. The largest absolute Gasteiger partial charge is 0.493 e. The number of aldehydes is 1. The van der Waals surface area contributed by atoms with Gasteiger partial charge in [0, 0.05) is 0 Å². The van der Waals surface area contributed by atoms with Crippen LogP contribution in [0, 0.1) is 0 Å². The van der Waals surface area contributed by atoms with E-state index in [9.17, 15) is 4.79 Å². The zero-order chi connectivity index (χ0) is 16.7. The van der Waals surface area contributed by atoms with Crippen molar-refractivity contribution in [3.63, 3.8) is 0 Å². The highest BCUT2D eigenvalue weighted by Gasteiger charge is 2.24. The van der Waals surface area contributed by atoms with Gasteiger partial charge in [-0.2, -0.15) is 0 Å². The number of hydrogen-bond acceptors (Lipinski definition) is 4. The summed E-state index contributed by atoms with van der Waals surface area (Å²) in [6, 6.07) is 5.34. The smallest absolute Gasteiger partial charge is 0.171 e. The van der Waals surface area contributed by atoms with Gasteiger partial charge >= 0.3 is 0 Å². The van der Waals surface area contributed by atoms with E-state index >= 15 is 0 Å². The molecule has 2 rings (SSSR count). The van der Waals surface area contributed by atoms with Gasteiger partial charge in [-0.1, -0.05) is 6.07 Å². The number of nitrogens with one attached hydrogen (secondary N) is 1.